The molecule has 2 N–H and O–H groups in total. The molecular weight excluding hydrogens is 372 g/mol. The van der Waals surface area contributed by atoms with Gasteiger partial charge in [-0.3, -0.25) is 0 Å². The minimum atomic E-state index is -0.467. The summed E-state index contributed by atoms with van der Waals surface area (Å²) in [5, 5.41) is 19.9. The monoisotopic (exact) mass is 396 g/mol. The fraction of sp³-hybridized carbons (Fsp3) is 0.350. The minimum Gasteiger partial charge on any atom is -0.390 e. The van der Waals surface area contributed by atoms with E-state index < -0.39 is 6.10 Å². The lowest BCUT2D eigenvalue weighted by atomic mass is 10.2. The van der Waals surface area contributed by atoms with Gasteiger partial charge in [0.15, 0.2) is 11.5 Å². The molecule has 4 aromatic rings. The Kier molecular flexibility index (Phi) is 5.52. The Balaban J connectivity index is 1.56. The van der Waals surface area contributed by atoms with Crippen molar-refractivity contribution in [2.45, 2.75) is 32.4 Å². The summed E-state index contributed by atoms with van der Waals surface area (Å²) in [6.07, 6.45) is 2.98. The van der Waals surface area contributed by atoms with Crippen LogP contribution in [0.3, 0.4) is 0 Å². The molecule has 1 unspecified atom stereocenters. The van der Waals surface area contributed by atoms with Crippen molar-refractivity contribution in [3.8, 4) is 10.6 Å². The van der Waals surface area contributed by atoms with Crippen LogP contribution in [0.1, 0.15) is 17.3 Å². The Hall–Kier alpha value is -2.55. The highest BCUT2D eigenvalue weighted by molar-refractivity contribution is 7.13. The zero-order chi connectivity index (χ0) is 19.5. The van der Waals surface area contributed by atoms with E-state index in [2.05, 4.69) is 26.0 Å². The van der Waals surface area contributed by atoms with Crippen molar-refractivity contribution in [1.29, 1.82) is 0 Å². The Morgan fingerprint density at radius 1 is 1.18 bits per heavy atom. The van der Waals surface area contributed by atoms with E-state index in [-0.39, 0.29) is 0 Å². The predicted octanol–water partition coefficient (Wildman–Crippen LogP) is 2.33. The first-order valence-corrected chi connectivity index (χ1v) is 10.3. The highest BCUT2D eigenvalue weighted by Gasteiger charge is 2.15. The van der Waals surface area contributed by atoms with E-state index >= 15 is 0 Å². The first kappa shape index (κ1) is 18.8. The van der Waals surface area contributed by atoms with Crippen LogP contribution < -0.4 is 5.32 Å². The zero-order valence-corrected chi connectivity index (χ0v) is 16.9. The van der Waals surface area contributed by atoms with Gasteiger partial charge in [-0.05, 0) is 37.6 Å². The van der Waals surface area contributed by atoms with Gasteiger partial charge in [-0.25, -0.2) is 14.5 Å². The number of hydrogen-bond acceptors (Lipinski definition) is 6. The maximum atomic E-state index is 10.2. The molecule has 0 spiro atoms. The molecular formula is C20H24N6OS. The molecule has 0 amide bonds. The van der Waals surface area contributed by atoms with Gasteiger partial charge in [0.1, 0.15) is 5.82 Å². The third kappa shape index (κ3) is 3.99. The van der Waals surface area contributed by atoms with Gasteiger partial charge in [-0.1, -0.05) is 12.1 Å². The fourth-order valence-corrected chi connectivity index (χ4v) is 3.97. The number of pyridine rings is 1. The summed E-state index contributed by atoms with van der Waals surface area (Å²) in [5.74, 6) is 1.74. The van der Waals surface area contributed by atoms with E-state index in [4.69, 9.17) is 4.98 Å². The summed E-state index contributed by atoms with van der Waals surface area (Å²) >= 11 is 1.67. The Labute approximate surface area is 167 Å². The van der Waals surface area contributed by atoms with Crippen LogP contribution in [0.5, 0.6) is 0 Å². The third-order valence-corrected chi connectivity index (χ3v) is 5.54. The average Bonchev–Trinajstić information content (AvgIpc) is 3.40. The number of fused-ring (bicyclic) bond motifs is 1. The van der Waals surface area contributed by atoms with E-state index in [9.17, 15) is 5.11 Å². The molecule has 4 aromatic heterocycles. The van der Waals surface area contributed by atoms with Crippen molar-refractivity contribution < 1.29 is 5.11 Å². The van der Waals surface area contributed by atoms with Crippen molar-refractivity contribution in [2.75, 3.05) is 13.6 Å². The summed E-state index contributed by atoms with van der Waals surface area (Å²) in [5.41, 5.74) is 2.87. The SMILES string of the molecule is CNCC(O)Cn1cc(-c2cccs2)nc1CCc1nc2cccc(C)n2n1. The average molecular weight is 397 g/mol. The summed E-state index contributed by atoms with van der Waals surface area (Å²) in [4.78, 5) is 10.6. The van der Waals surface area contributed by atoms with Crippen molar-refractivity contribution in [1.82, 2.24) is 29.5 Å². The standard InChI is InChI=1S/C20H24N6OS/c1-14-5-3-7-20-23-18(24-26(14)20)8-9-19-22-16(17-6-4-10-28-17)13-25(19)12-15(27)11-21-2/h3-7,10,13,15,21,27H,8-9,11-12H2,1-2H3. The molecule has 7 nitrogen and oxygen atoms in total. The van der Waals surface area contributed by atoms with Crippen LogP contribution >= 0.6 is 11.3 Å². The van der Waals surface area contributed by atoms with E-state index in [1.165, 1.54) is 0 Å². The molecule has 0 radical (unpaired) electrons. The summed E-state index contributed by atoms with van der Waals surface area (Å²) in [6.45, 7) is 3.07. The number of hydrogen-bond donors (Lipinski definition) is 2. The van der Waals surface area contributed by atoms with Crippen molar-refractivity contribution in [3.05, 3.63) is 59.3 Å². The van der Waals surface area contributed by atoms with Crippen molar-refractivity contribution >= 4 is 17.0 Å². The lowest BCUT2D eigenvalue weighted by Crippen LogP contribution is -2.28. The Bertz CT molecular complexity index is 1050. The molecule has 0 saturated heterocycles. The predicted molar refractivity (Wildman–Crippen MR) is 111 cm³/mol. The van der Waals surface area contributed by atoms with Gasteiger partial charge in [0.05, 0.1) is 23.2 Å². The van der Waals surface area contributed by atoms with Crippen LogP contribution in [0.4, 0.5) is 0 Å². The van der Waals surface area contributed by atoms with Crippen LogP contribution in [0.15, 0.2) is 41.9 Å². The van der Waals surface area contributed by atoms with Crippen LogP contribution in [-0.2, 0) is 19.4 Å². The largest absolute Gasteiger partial charge is 0.390 e. The summed E-state index contributed by atoms with van der Waals surface area (Å²) < 4.78 is 3.92. The topological polar surface area (TPSA) is 80.3 Å². The van der Waals surface area contributed by atoms with Gasteiger partial charge in [0.25, 0.3) is 0 Å². The molecule has 4 heterocycles. The van der Waals surface area contributed by atoms with E-state index in [1.54, 1.807) is 11.3 Å². The number of imidazole rings is 1. The molecule has 28 heavy (non-hydrogen) atoms. The van der Waals surface area contributed by atoms with E-state index in [0.717, 1.165) is 33.6 Å². The third-order valence-electron chi connectivity index (χ3n) is 4.65. The van der Waals surface area contributed by atoms with Crippen LogP contribution in [-0.4, -0.2) is 49.0 Å². The van der Waals surface area contributed by atoms with Gasteiger partial charge in [0.2, 0.25) is 0 Å². The second-order valence-electron chi connectivity index (χ2n) is 6.85. The maximum absolute atomic E-state index is 10.2. The maximum Gasteiger partial charge on any atom is 0.155 e. The first-order valence-electron chi connectivity index (χ1n) is 9.38. The number of rotatable bonds is 8. The normalized spacial score (nSPS) is 12.7. The van der Waals surface area contributed by atoms with Gasteiger partial charge in [-0.15, -0.1) is 11.3 Å². The van der Waals surface area contributed by atoms with Crippen molar-refractivity contribution in [2.24, 2.45) is 0 Å². The molecule has 8 heteroatoms. The van der Waals surface area contributed by atoms with Gasteiger partial charge < -0.3 is 15.0 Å². The number of likely N-dealkylation sites (N-methyl/N-ethyl adjacent to an activating group) is 1. The summed E-state index contributed by atoms with van der Waals surface area (Å²) in [7, 11) is 1.84. The van der Waals surface area contributed by atoms with Gasteiger partial charge in [0, 0.05) is 31.3 Å². The molecule has 0 aromatic carbocycles. The van der Waals surface area contributed by atoms with E-state index in [1.807, 2.05) is 54.3 Å². The molecule has 0 saturated carbocycles. The molecule has 4 rings (SSSR count). The fourth-order valence-electron chi connectivity index (χ4n) is 3.29. The molecule has 1 atom stereocenters. The Morgan fingerprint density at radius 2 is 2.07 bits per heavy atom. The zero-order valence-electron chi connectivity index (χ0n) is 16.0. The lowest BCUT2D eigenvalue weighted by molar-refractivity contribution is 0.153. The minimum absolute atomic E-state index is 0.467. The number of aromatic nitrogens is 5. The van der Waals surface area contributed by atoms with E-state index in [0.29, 0.717) is 25.9 Å². The van der Waals surface area contributed by atoms with Crippen LogP contribution in [0.2, 0.25) is 0 Å². The van der Waals surface area contributed by atoms with Crippen molar-refractivity contribution in [3.63, 3.8) is 0 Å². The van der Waals surface area contributed by atoms with Gasteiger partial charge >= 0.3 is 0 Å². The number of aliphatic hydroxyl groups excluding tert-OH is 1. The number of nitrogens with one attached hydrogen (secondary N) is 1. The second-order valence-corrected chi connectivity index (χ2v) is 7.80. The summed E-state index contributed by atoms with van der Waals surface area (Å²) in [6, 6.07) is 10.1. The van der Waals surface area contributed by atoms with Gasteiger partial charge in [-0.2, -0.15) is 5.10 Å². The number of aryl methyl sites for hydroxylation is 3. The number of thiophene rings is 1. The lowest BCUT2D eigenvalue weighted by Gasteiger charge is -2.12. The van der Waals surface area contributed by atoms with Crippen LogP contribution in [0, 0.1) is 6.92 Å². The molecule has 0 aliphatic carbocycles. The molecule has 146 valence electrons. The first-order chi connectivity index (χ1) is 13.6. The quantitative estimate of drug-likeness (QED) is 0.478. The Morgan fingerprint density at radius 3 is 2.82 bits per heavy atom. The smallest absolute Gasteiger partial charge is 0.155 e. The number of aliphatic hydroxyl groups is 1. The molecule has 0 aliphatic heterocycles. The molecule has 0 bridgehead atoms. The molecule has 0 fully saturated rings. The molecule has 0 aliphatic rings. The highest BCUT2D eigenvalue weighted by Crippen LogP contribution is 2.24. The second kappa shape index (κ2) is 8.22. The highest BCUT2D eigenvalue weighted by atomic mass is 32.1. The number of nitrogens with zero attached hydrogens (tertiary/aromatic N) is 5. The van der Waals surface area contributed by atoms with Crippen LogP contribution in [0.25, 0.3) is 16.2 Å².